The van der Waals surface area contributed by atoms with Crippen molar-refractivity contribution in [2.45, 2.75) is 52.1 Å². The number of hydrogen-bond donors (Lipinski definition) is 2. The van der Waals surface area contributed by atoms with Crippen LogP contribution in [-0.4, -0.2) is 48.1 Å². The van der Waals surface area contributed by atoms with Gasteiger partial charge in [0.25, 0.3) is 5.91 Å². The molecule has 0 aliphatic carbocycles. The van der Waals surface area contributed by atoms with Gasteiger partial charge in [0.1, 0.15) is 12.3 Å². The lowest BCUT2D eigenvalue weighted by Crippen LogP contribution is -2.45. The van der Waals surface area contributed by atoms with E-state index in [1.807, 2.05) is 18.2 Å². The smallest absolute Gasteiger partial charge is 0.255 e. The number of furan rings is 1. The zero-order chi connectivity index (χ0) is 20.8. The second-order valence-electron chi connectivity index (χ2n) is 7.65. The molecule has 2 aromatic rings. The highest BCUT2D eigenvalue weighted by molar-refractivity contribution is 5.97. The summed E-state index contributed by atoms with van der Waals surface area (Å²) in [4.78, 5) is 26.9. The molecular weight excluding hydrogens is 370 g/mol. The first-order chi connectivity index (χ1) is 13.9. The van der Waals surface area contributed by atoms with Crippen LogP contribution in [0.5, 0.6) is 0 Å². The summed E-state index contributed by atoms with van der Waals surface area (Å²) in [6, 6.07) is 9.02. The zero-order valence-corrected chi connectivity index (χ0v) is 17.2. The molecule has 0 radical (unpaired) electrons. The lowest BCUT2D eigenvalue weighted by Gasteiger charge is -2.35. The molecular formula is C22H29N3O4. The van der Waals surface area contributed by atoms with Crippen LogP contribution in [0.4, 0.5) is 0 Å². The van der Waals surface area contributed by atoms with Crippen LogP contribution in [0.25, 0.3) is 0 Å². The number of hydrogen-bond acceptors (Lipinski definition) is 5. The van der Waals surface area contributed by atoms with E-state index in [1.165, 1.54) is 18.1 Å². The molecule has 0 unspecified atom stereocenters. The van der Waals surface area contributed by atoms with Gasteiger partial charge in [-0.25, -0.2) is 0 Å². The van der Waals surface area contributed by atoms with Gasteiger partial charge in [-0.1, -0.05) is 24.3 Å². The molecule has 3 atom stereocenters. The van der Waals surface area contributed by atoms with Crippen LogP contribution in [0.2, 0.25) is 0 Å². The Morgan fingerprint density at radius 3 is 2.48 bits per heavy atom. The molecule has 1 aliphatic rings. The number of carbonyl (C=O) groups is 2. The maximum absolute atomic E-state index is 12.4. The Balaban J connectivity index is 1.55. The molecule has 29 heavy (non-hydrogen) atoms. The molecule has 0 saturated carbocycles. The number of ether oxygens (including phenoxy) is 1. The van der Waals surface area contributed by atoms with Crippen LogP contribution in [0.1, 0.15) is 42.3 Å². The molecule has 2 N–H and O–H groups in total. The van der Waals surface area contributed by atoms with E-state index in [0.717, 1.165) is 25.2 Å². The quantitative estimate of drug-likeness (QED) is 0.747. The molecule has 7 heteroatoms. The molecule has 7 nitrogen and oxygen atoms in total. The van der Waals surface area contributed by atoms with Crippen LogP contribution in [0, 0.1) is 0 Å². The molecule has 2 heterocycles. The van der Waals surface area contributed by atoms with Crippen molar-refractivity contribution in [2.75, 3.05) is 13.1 Å². The molecule has 1 fully saturated rings. The summed E-state index contributed by atoms with van der Waals surface area (Å²) in [5, 5.41) is 5.60. The maximum Gasteiger partial charge on any atom is 0.255 e. The van der Waals surface area contributed by atoms with Crippen molar-refractivity contribution in [2.24, 2.45) is 0 Å². The number of nitrogens with one attached hydrogen (secondary N) is 2. The first-order valence-corrected chi connectivity index (χ1v) is 9.97. The molecule has 0 spiro atoms. The van der Waals surface area contributed by atoms with E-state index in [0.29, 0.717) is 12.1 Å². The fraction of sp³-hybridized carbons (Fsp3) is 0.455. The first-order valence-electron chi connectivity index (χ1n) is 9.97. The SMILES string of the molecule is C[C@@H]1CN(Cc2ccccc2CNC(=O)[C@@H](C)NC(=O)c2ccoc2)C[C@@H](C)O1. The largest absolute Gasteiger partial charge is 0.472 e. The molecule has 2 amide bonds. The Morgan fingerprint density at radius 2 is 1.83 bits per heavy atom. The average molecular weight is 399 g/mol. The predicted molar refractivity (Wildman–Crippen MR) is 109 cm³/mol. The van der Waals surface area contributed by atoms with E-state index in [1.54, 1.807) is 13.0 Å². The third-order valence-electron chi connectivity index (χ3n) is 4.98. The van der Waals surface area contributed by atoms with Gasteiger partial charge in [-0.05, 0) is 38.0 Å². The minimum absolute atomic E-state index is 0.213. The molecule has 0 bridgehead atoms. The molecule has 1 saturated heterocycles. The molecule has 3 rings (SSSR count). The second kappa shape index (κ2) is 9.71. The summed E-state index contributed by atoms with van der Waals surface area (Å²) in [5.41, 5.74) is 2.65. The van der Waals surface area contributed by atoms with Crippen LogP contribution in [-0.2, 0) is 22.6 Å². The van der Waals surface area contributed by atoms with E-state index in [2.05, 4.69) is 35.4 Å². The van der Waals surface area contributed by atoms with Gasteiger partial charge in [-0.2, -0.15) is 0 Å². The predicted octanol–water partition coefficient (Wildman–Crippen LogP) is 2.32. The Morgan fingerprint density at radius 1 is 1.14 bits per heavy atom. The molecule has 1 aliphatic heterocycles. The Kier molecular flexibility index (Phi) is 7.06. The standard InChI is InChI=1S/C22H29N3O4/c1-15-11-25(12-16(2)29-15)13-19-7-5-4-6-18(19)10-23-21(26)17(3)24-22(27)20-8-9-28-14-20/h4-9,14-17H,10-13H2,1-3H3,(H,23,26)(H,24,27)/t15-,16-,17-/m1/s1. The molecule has 1 aromatic heterocycles. The van der Waals surface area contributed by atoms with Crippen molar-refractivity contribution in [1.82, 2.24) is 15.5 Å². The van der Waals surface area contributed by atoms with Crippen LogP contribution < -0.4 is 10.6 Å². The van der Waals surface area contributed by atoms with Gasteiger partial charge >= 0.3 is 0 Å². The van der Waals surface area contributed by atoms with Gasteiger partial charge in [-0.15, -0.1) is 0 Å². The number of amides is 2. The van der Waals surface area contributed by atoms with E-state index >= 15 is 0 Å². The van der Waals surface area contributed by atoms with Gasteiger partial charge in [0.2, 0.25) is 5.91 Å². The van der Waals surface area contributed by atoms with Crippen LogP contribution in [0.15, 0.2) is 47.3 Å². The third kappa shape index (κ3) is 5.92. The van der Waals surface area contributed by atoms with E-state index < -0.39 is 6.04 Å². The summed E-state index contributed by atoms with van der Waals surface area (Å²) in [7, 11) is 0. The van der Waals surface area contributed by atoms with Crippen molar-refractivity contribution in [1.29, 1.82) is 0 Å². The molecule has 156 valence electrons. The number of nitrogens with zero attached hydrogens (tertiary/aromatic N) is 1. The second-order valence-corrected chi connectivity index (χ2v) is 7.65. The normalized spacial score (nSPS) is 20.8. The topological polar surface area (TPSA) is 83.8 Å². The number of morpholine rings is 1. The highest BCUT2D eigenvalue weighted by Crippen LogP contribution is 2.17. The monoisotopic (exact) mass is 399 g/mol. The Bertz CT molecular complexity index is 811. The van der Waals surface area contributed by atoms with Gasteiger partial charge in [0.15, 0.2) is 0 Å². The van der Waals surface area contributed by atoms with E-state index in [9.17, 15) is 9.59 Å². The van der Waals surface area contributed by atoms with Crippen molar-refractivity contribution in [3.05, 3.63) is 59.5 Å². The highest BCUT2D eigenvalue weighted by Gasteiger charge is 2.23. The summed E-state index contributed by atoms with van der Waals surface area (Å²) in [5.74, 6) is -0.567. The first kappa shape index (κ1) is 21.1. The fourth-order valence-electron chi connectivity index (χ4n) is 3.61. The lowest BCUT2D eigenvalue weighted by molar-refractivity contribution is -0.122. The summed E-state index contributed by atoms with van der Waals surface area (Å²) in [6.45, 7) is 8.86. The summed E-state index contributed by atoms with van der Waals surface area (Å²) in [6.07, 6.45) is 3.20. The lowest BCUT2D eigenvalue weighted by atomic mass is 10.1. The summed E-state index contributed by atoms with van der Waals surface area (Å²) >= 11 is 0. The van der Waals surface area contributed by atoms with Crippen molar-refractivity contribution in [3.8, 4) is 0 Å². The van der Waals surface area contributed by atoms with Crippen molar-refractivity contribution in [3.63, 3.8) is 0 Å². The third-order valence-corrected chi connectivity index (χ3v) is 4.98. The van der Waals surface area contributed by atoms with Crippen molar-refractivity contribution >= 4 is 11.8 Å². The Hall–Kier alpha value is -2.64. The number of benzene rings is 1. The Labute approximate surface area is 171 Å². The van der Waals surface area contributed by atoms with E-state index in [-0.39, 0.29) is 24.0 Å². The minimum atomic E-state index is -0.648. The molecule has 1 aromatic carbocycles. The fourth-order valence-corrected chi connectivity index (χ4v) is 3.61. The van der Waals surface area contributed by atoms with Crippen molar-refractivity contribution < 1.29 is 18.7 Å². The average Bonchev–Trinajstić information content (AvgIpc) is 3.21. The van der Waals surface area contributed by atoms with Crippen LogP contribution in [0.3, 0.4) is 0 Å². The van der Waals surface area contributed by atoms with E-state index in [4.69, 9.17) is 9.15 Å². The highest BCUT2D eigenvalue weighted by atomic mass is 16.5. The maximum atomic E-state index is 12.4. The van der Waals surface area contributed by atoms with Crippen LogP contribution >= 0.6 is 0 Å². The van der Waals surface area contributed by atoms with Gasteiger partial charge in [0, 0.05) is 26.2 Å². The zero-order valence-electron chi connectivity index (χ0n) is 17.2. The van der Waals surface area contributed by atoms with Gasteiger partial charge < -0.3 is 19.8 Å². The van der Waals surface area contributed by atoms with Gasteiger partial charge in [-0.3, -0.25) is 14.5 Å². The summed E-state index contributed by atoms with van der Waals surface area (Å²) < 4.78 is 10.7. The van der Waals surface area contributed by atoms with Gasteiger partial charge in [0.05, 0.1) is 24.0 Å². The minimum Gasteiger partial charge on any atom is -0.472 e. The number of rotatable bonds is 7. The number of carbonyl (C=O) groups excluding carboxylic acids is 2.